The summed E-state index contributed by atoms with van der Waals surface area (Å²) in [6, 6.07) is 5.09. The molecule has 3 fully saturated rings. The van der Waals surface area contributed by atoms with Crippen molar-refractivity contribution in [2.75, 3.05) is 20.2 Å². The van der Waals surface area contributed by atoms with Crippen molar-refractivity contribution in [2.45, 2.75) is 25.0 Å². The van der Waals surface area contributed by atoms with Crippen LogP contribution < -0.4 is 10.3 Å². The Kier molecular flexibility index (Phi) is 4.25. The minimum absolute atomic E-state index is 0.118. The standard InChI is InChI=1S/C20H24N2O4/c1-3-11-10-22-7-6-12(11)8-16(22)18(23)17-14-9-13(26-2)4-5-15(14)21-20(25)19(17)24/h3-5,9,11-12,16,18,23-24H,1,6-8,10H2,2H3,(H,21,25)/t11-,12?,16-,18-/m0/s1. The molecule has 6 heteroatoms. The number of piperidine rings is 3. The van der Waals surface area contributed by atoms with Gasteiger partial charge in [-0.3, -0.25) is 9.69 Å². The SMILES string of the molecule is C=C[C@H]1CN2CCC1C[C@H]2[C@H](O)c1c(O)c(=O)[nH]c2ccc(OC)cc12. The number of nitrogens with zero attached hydrogens (tertiary/aromatic N) is 1. The van der Waals surface area contributed by atoms with Gasteiger partial charge in [-0.2, -0.15) is 0 Å². The van der Waals surface area contributed by atoms with Crippen LogP contribution in [0.5, 0.6) is 11.5 Å². The van der Waals surface area contributed by atoms with E-state index >= 15 is 0 Å². The molecule has 1 aromatic heterocycles. The third-order valence-electron chi connectivity index (χ3n) is 6.05. The fourth-order valence-corrected chi connectivity index (χ4v) is 4.61. The van der Waals surface area contributed by atoms with E-state index in [4.69, 9.17) is 4.74 Å². The Morgan fingerprint density at radius 1 is 1.46 bits per heavy atom. The van der Waals surface area contributed by atoms with Crippen LogP contribution in [-0.4, -0.2) is 46.3 Å². The normalized spacial score (nSPS) is 28.8. The van der Waals surface area contributed by atoms with E-state index in [1.807, 2.05) is 6.08 Å². The second kappa shape index (κ2) is 6.45. The molecule has 0 amide bonds. The highest BCUT2D eigenvalue weighted by Crippen LogP contribution is 2.43. The van der Waals surface area contributed by atoms with Gasteiger partial charge in [-0.05, 0) is 49.4 Å². The van der Waals surface area contributed by atoms with Gasteiger partial charge in [-0.25, -0.2) is 0 Å². The second-order valence-corrected chi connectivity index (χ2v) is 7.32. The van der Waals surface area contributed by atoms with E-state index in [1.165, 1.54) is 0 Å². The number of aliphatic hydroxyl groups is 1. The molecule has 0 radical (unpaired) electrons. The first-order valence-electron chi connectivity index (χ1n) is 9.01. The van der Waals surface area contributed by atoms with Gasteiger partial charge in [-0.15, -0.1) is 6.58 Å². The van der Waals surface area contributed by atoms with Gasteiger partial charge in [0.25, 0.3) is 5.56 Å². The smallest absolute Gasteiger partial charge is 0.290 e. The molecule has 2 unspecified atom stereocenters. The number of aromatic hydroxyl groups is 1. The number of hydrogen-bond donors (Lipinski definition) is 3. The van der Waals surface area contributed by atoms with E-state index in [1.54, 1.807) is 25.3 Å². The fourth-order valence-electron chi connectivity index (χ4n) is 4.61. The van der Waals surface area contributed by atoms with Crippen molar-refractivity contribution in [1.29, 1.82) is 0 Å². The summed E-state index contributed by atoms with van der Waals surface area (Å²) >= 11 is 0. The highest BCUT2D eigenvalue weighted by Gasteiger charge is 2.43. The van der Waals surface area contributed by atoms with Gasteiger partial charge in [0.1, 0.15) is 5.75 Å². The highest BCUT2D eigenvalue weighted by molar-refractivity contribution is 5.85. The van der Waals surface area contributed by atoms with Gasteiger partial charge in [0.2, 0.25) is 0 Å². The molecule has 6 nitrogen and oxygen atoms in total. The number of methoxy groups -OCH3 is 1. The molecule has 3 N–H and O–H groups in total. The van der Waals surface area contributed by atoms with Crippen LogP contribution in [0.2, 0.25) is 0 Å². The van der Waals surface area contributed by atoms with Crippen LogP contribution in [0.25, 0.3) is 10.9 Å². The van der Waals surface area contributed by atoms with Gasteiger partial charge in [-0.1, -0.05) is 6.08 Å². The van der Waals surface area contributed by atoms with Crippen LogP contribution in [0.4, 0.5) is 0 Å². The van der Waals surface area contributed by atoms with Crippen molar-refractivity contribution in [3.63, 3.8) is 0 Å². The van der Waals surface area contributed by atoms with Crippen molar-refractivity contribution in [3.8, 4) is 11.5 Å². The monoisotopic (exact) mass is 356 g/mol. The van der Waals surface area contributed by atoms with Gasteiger partial charge in [0, 0.05) is 29.1 Å². The predicted molar refractivity (Wildman–Crippen MR) is 99.5 cm³/mol. The Labute approximate surface area is 151 Å². The summed E-state index contributed by atoms with van der Waals surface area (Å²) < 4.78 is 5.27. The highest BCUT2D eigenvalue weighted by atomic mass is 16.5. The third kappa shape index (κ3) is 2.61. The summed E-state index contributed by atoms with van der Waals surface area (Å²) in [7, 11) is 1.56. The zero-order chi connectivity index (χ0) is 18.4. The molecule has 0 saturated carbocycles. The first kappa shape index (κ1) is 17.1. The number of ether oxygens (including phenoxy) is 1. The number of benzene rings is 1. The number of nitrogens with one attached hydrogen (secondary N) is 1. The first-order chi connectivity index (χ1) is 12.5. The number of hydrogen-bond acceptors (Lipinski definition) is 5. The molecule has 5 rings (SSSR count). The van der Waals surface area contributed by atoms with Crippen LogP contribution in [0.1, 0.15) is 24.5 Å². The van der Waals surface area contributed by atoms with Crippen molar-refractivity contribution in [1.82, 2.24) is 9.88 Å². The van der Waals surface area contributed by atoms with Crippen LogP contribution in [-0.2, 0) is 0 Å². The molecule has 5 atom stereocenters. The van der Waals surface area contributed by atoms with E-state index in [0.717, 1.165) is 25.9 Å². The first-order valence-corrected chi connectivity index (χ1v) is 9.01. The lowest BCUT2D eigenvalue weighted by Crippen LogP contribution is -2.54. The quantitative estimate of drug-likeness (QED) is 0.731. The number of fused-ring (bicyclic) bond motifs is 4. The summed E-state index contributed by atoms with van der Waals surface area (Å²) in [4.78, 5) is 17.1. The Morgan fingerprint density at radius 2 is 2.27 bits per heavy atom. The molecule has 3 saturated heterocycles. The molecule has 4 heterocycles. The molecular formula is C20H24N2O4. The van der Waals surface area contributed by atoms with E-state index in [9.17, 15) is 15.0 Å². The lowest BCUT2D eigenvalue weighted by Gasteiger charge is -2.50. The molecular weight excluding hydrogens is 332 g/mol. The summed E-state index contributed by atoms with van der Waals surface area (Å²) in [6.07, 6.45) is 2.98. The molecule has 138 valence electrons. The molecule has 0 spiro atoms. The Bertz CT molecular complexity index is 907. The van der Waals surface area contributed by atoms with E-state index < -0.39 is 17.4 Å². The number of aromatic amines is 1. The number of H-pyrrole nitrogens is 1. The maximum Gasteiger partial charge on any atom is 0.290 e. The number of pyridine rings is 1. The lowest BCUT2D eigenvalue weighted by molar-refractivity contribution is -0.0450. The van der Waals surface area contributed by atoms with Gasteiger partial charge >= 0.3 is 0 Å². The second-order valence-electron chi connectivity index (χ2n) is 7.32. The maximum atomic E-state index is 12.2. The van der Waals surface area contributed by atoms with Crippen molar-refractivity contribution < 1.29 is 14.9 Å². The van der Waals surface area contributed by atoms with Gasteiger partial charge < -0.3 is 19.9 Å². The van der Waals surface area contributed by atoms with Crippen LogP contribution in [0.15, 0.2) is 35.6 Å². The summed E-state index contributed by atoms with van der Waals surface area (Å²) in [5.74, 6) is 1.12. The molecule has 3 aliphatic rings. The van der Waals surface area contributed by atoms with Crippen molar-refractivity contribution in [3.05, 3.63) is 46.8 Å². The molecule has 2 bridgehead atoms. The zero-order valence-corrected chi connectivity index (χ0v) is 14.8. The average Bonchev–Trinajstić information content (AvgIpc) is 2.68. The predicted octanol–water partition coefficient (Wildman–Crippen LogP) is 2.17. The average molecular weight is 356 g/mol. The largest absolute Gasteiger partial charge is 0.503 e. The summed E-state index contributed by atoms with van der Waals surface area (Å²) in [5.41, 5.74) is 0.273. The maximum absolute atomic E-state index is 12.2. The topological polar surface area (TPSA) is 85.8 Å². The molecule has 0 aliphatic carbocycles. The summed E-state index contributed by atoms with van der Waals surface area (Å²) in [5, 5.41) is 22.2. The van der Waals surface area contributed by atoms with Crippen LogP contribution in [0.3, 0.4) is 0 Å². The zero-order valence-electron chi connectivity index (χ0n) is 14.8. The minimum Gasteiger partial charge on any atom is -0.503 e. The molecule has 3 aliphatic heterocycles. The van der Waals surface area contributed by atoms with E-state index in [-0.39, 0.29) is 11.6 Å². The van der Waals surface area contributed by atoms with Crippen molar-refractivity contribution in [2.24, 2.45) is 11.8 Å². The summed E-state index contributed by atoms with van der Waals surface area (Å²) in [6.45, 7) is 5.71. The van der Waals surface area contributed by atoms with E-state index in [2.05, 4.69) is 16.5 Å². The van der Waals surface area contributed by atoms with Crippen LogP contribution in [0, 0.1) is 11.8 Å². The third-order valence-corrected chi connectivity index (χ3v) is 6.05. The number of aliphatic hydroxyl groups excluding tert-OH is 1. The number of aromatic nitrogens is 1. The minimum atomic E-state index is -0.944. The Morgan fingerprint density at radius 3 is 2.92 bits per heavy atom. The van der Waals surface area contributed by atoms with Gasteiger partial charge in [0.05, 0.1) is 13.2 Å². The number of rotatable bonds is 4. The molecule has 26 heavy (non-hydrogen) atoms. The van der Waals surface area contributed by atoms with E-state index in [0.29, 0.717) is 28.5 Å². The molecule has 1 aromatic carbocycles. The van der Waals surface area contributed by atoms with Gasteiger partial charge in [0.15, 0.2) is 5.75 Å². The van der Waals surface area contributed by atoms with Crippen LogP contribution >= 0.6 is 0 Å². The lowest BCUT2D eigenvalue weighted by atomic mass is 9.73. The Balaban J connectivity index is 1.79. The Hall–Kier alpha value is -2.31. The fraction of sp³-hybridized carbons (Fsp3) is 0.450. The molecule has 2 aromatic rings. The van der Waals surface area contributed by atoms with Crippen molar-refractivity contribution >= 4 is 10.9 Å².